The number of nitrogens with zero attached hydrogens (tertiary/aromatic N) is 9. The second kappa shape index (κ2) is 5.08. The molecule has 0 aliphatic rings. The van der Waals surface area contributed by atoms with Crippen LogP contribution in [0.25, 0.3) is 16.7 Å². The van der Waals surface area contributed by atoms with E-state index in [4.69, 9.17) is 0 Å². The lowest BCUT2D eigenvalue weighted by atomic mass is 10.2. The largest absolute Gasteiger partial charge is 0.307 e. The Labute approximate surface area is 134 Å². The third-order valence-corrected chi connectivity index (χ3v) is 3.89. The molecule has 0 amide bonds. The van der Waals surface area contributed by atoms with Gasteiger partial charge in [0.1, 0.15) is 24.8 Å². The highest BCUT2D eigenvalue weighted by Crippen LogP contribution is 2.23. The molecule has 0 aliphatic carbocycles. The van der Waals surface area contributed by atoms with Crippen LogP contribution in [-0.2, 0) is 7.05 Å². The molecule has 11 heteroatoms. The van der Waals surface area contributed by atoms with Crippen molar-refractivity contribution in [1.29, 1.82) is 0 Å². The first-order valence-corrected chi connectivity index (χ1v) is 7.30. The van der Waals surface area contributed by atoms with E-state index in [1.54, 1.807) is 28.8 Å². The zero-order chi connectivity index (χ0) is 16.8. The fraction of sp³-hybridized carbons (Fsp3) is 0.308. The van der Waals surface area contributed by atoms with E-state index in [1.165, 1.54) is 17.1 Å². The van der Waals surface area contributed by atoms with E-state index in [0.717, 1.165) is 5.39 Å². The highest BCUT2D eigenvalue weighted by Gasteiger charge is 2.22. The third kappa shape index (κ3) is 2.01. The minimum atomic E-state index is -0.476. The molecule has 1 unspecified atom stereocenters. The molecule has 4 rings (SSSR count). The molecule has 4 heterocycles. The second-order valence-corrected chi connectivity index (χ2v) is 5.35. The van der Waals surface area contributed by atoms with E-state index in [1.807, 2.05) is 6.92 Å². The van der Waals surface area contributed by atoms with Crippen molar-refractivity contribution in [1.82, 2.24) is 39.1 Å². The van der Waals surface area contributed by atoms with Gasteiger partial charge < -0.3 is 0 Å². The molecular formula is C13H13N9O2. The maximum absolute atomic E-state index is 10.9. The topological polar surface area (TPSA) is 122 Å². The summed E-state index contributed by atoms with van der Waals surface area (Å²) in [5, 5.41) is 24.3. The molecule has 1 atom stereocenters. The van der Waals surface area contributed by atoms with Gasteiger partial charge in [0.2, 0.25) is 0 Å². The quantitative estimate of drug-likeness (QED) is 0.406. The first kappa shape index (κ1) is 14.2. The lowest BCUT2D eigenvalue weighted by Crippen LogP contribution is -2.12. The predicted molar refractivity (Wildman–Crippen MR) is 82.4 cm³/mol. The molecule has 0 aliphatic heterocycles. The summed E-state index contributed by atoms with van der Waals surface area (Å²) in [4.78, 5) is 19.3. The van der Waals surface area contributed by atoms with Gasteiger partial charge in [0, 0.05) is 7.05 Å². The predicted octanol–water partition coefficient (Wildman–Crippen LogP) is 1.12. The van der Waals surface area contributed by atoms with Crippen LogP contribution >= 0.6 is 0 Å². The van der Waals surface area contributed by atoms with Crippen molar-refractivity contribution in [2.45, 2.75) is 19.4 Å². The maximum Gasteiger partial charge on any atom is 0.307 e. The molecule has 0 bridgehead atoms. The molecule has 11 nitrogen and oxygen atoms in total. The number of hydrogen-bond donors (Lipinski definition) is 0. The van der Waals surface area contributed by atoms with Crippen molar-refractivity contribution in [2.75, 3.05) is 0 Å². The summed E-state index contributed by atoms with van der Waals surface area (Å²) >= 11 is 0. The van der Waals surface area contributed by atoms with Crippen molar-refractivity contribution in [3.63, 3.8) is 0 Å². The summed E-state index contributed by atoms with van der Waals surface area (Å²) in [6.07, 6.45) is 6.51. The third-order valence-electron chi connectivity index (χ3n) is 3.89. The summed E-state index contributed by atoms with van der Waals surface area (Å²) < 4.78 is 4.76. The molecule has 4 aromatic rings. The van der Waals surface area contributed by atoms with Gasteiger partial charge in [-0.25, -0.2) is 14.5 Å². The molecule has 0 aromatic carbocycles. The zero-order valence-electron chi connectivity index (χ0n) is 12.9. The number of hydrogen-bond acceptors (Lipinski definition) is 7. The van der Waals surface area contributed by atoms with Crippen LogP contribution < -0.4 is 0 Å². The van der Waals surface area contributed by atoms with Gasteiger partial charge in [-0.3, -0.25) is 19.5 Å². The van der Waals surface area contributed by atoms with Crippen LogP contribution in [0.15, 0.2) is 24.9 Å². The lowest BCUT2D eigenvalue weighted by Gasteiger charge is -2.10. The lowest BCUT2D eigenvalue weighted by molar-refractivity contribution is -0.385. The summed E-state index contributed by atoms with van der Waals surface area (Å²) in [7, 11) is 1.81. The van der Waals surface area contributed by atoms with Crippen LogP contribution in [0.4, 0.5) is 5.69 Å². The van der Waals surface area contributed by atoms with Crippen molar-refractivity contribution >= 4 is 22.4 Å². The minimum absolute atomic E-state index is 0.0615. The van der Waals surface area contributed by atoms with E-state index in [0.29, 0.717) is 23.5 Å². The number of nitro groups is 1. The number of aromatic nitrogens is 8. The first-order chi connectivity index (χ1) is 11.6. The summed E-state index contributed by atoms with van der Waals surface area (Å²) in [5.74, 6) is 0.522. The fourth-order valence-corrected chi connectivity index (χ4v) is 2.68. The van der Waals surface area contributed by atoms with Crippen LogP contribution in [0.2, 0.25) is 0 Å². The molecule has 0 radical (unpaired) electrons. The van der Waals surface area contributed by atoms with Crippen LogP contribution in [0, 0.1) is 10.1 Å². The van der Waals surface area contributed by atoms with Gasteiger partial charge >= 0.3 is 5.69 Å². The van der Waals surface area contributed by atoms with Gasteiger partial charge in [-0.05, 0) is 6.42 Å². The Balaban J connectivity index is 1.84. The molecule has 0 fully saturated rings. The Kier molecular flexibility index (Phi) is 3.01. The Morgan fingerprint density at radius 2 is 2.12 bits per heavy atom. The first-order valence-electron chi connectivity index (χ1n) is 7.30. The summed E-state index contributed by atoms with van der Waals surface area (Å²) in [5.41, 5.74) is 1.29. The van der Waals surface area contributed by atoms with Gasteiger partial charge in [-0.1, -0.05) is 6.92 Å². The summed E-state index contributed by atoms with van der Waals surface area (Å²) in [6, 6.07) is -0.301. The standard InChI is InChI=1S/C13H13N9O2/c1-3-10(20-6-8(4-16-20)22(23)24)11-17-13-9-5-15-19(2)12(9)14-7-21(13)18-11/h4-7,10H,3H2,1-2H3. The van der Waals surface area contributed by atoms with E-state index in [-0.39, 0.29) is 11.7 Å². The van der Waals surface area contributed by atoms with Crippen LogP contribution in [0.5, 0.6) is 0 Å². The molecule has 0 saturated carbocycles. The van der Waals surface area contributed by atoms with E-state index in [2.05, 4.69) is 25.3 Å². The Bertz CT molecular complexity index is 1060. The Morgan fingerprint density at radius 3 is 2.83 bits per heavy atom. The highest BCUT2D eigenvalue weighted by atomic mass is 16.6. The van der Waals surface area contributed by atoms with Crippen LogP contribution in [0.3, 0.4) is 0 Å². The minimum Gasteiger partial charge on any atom is -0.258 e. The molecule has 0 N–H and O–H groups in total. The smallest absolute Gasteiger partial charge is 0.258 e. The van der Waals surface area contributed by atoms with Crippen LogP contribution in [-0.4, -0.2) is 44.1 Å². The number of aryl methyl sites for hydroxylation is 1. The van der Waals surface area contributed by atoms with Crippen molar-refractivity contribution in [3.8, 4) is 0 Å². The Hall–Kier alpha value is -3.37. The molecule has 24 heavy (non-hydrogen) atoms. The monoisotopic (exact) mass is 327 g/mol. The molecule has 4 aromatic heterocycles. The van der Waals surface area contributed by atoms with Gasteiger partial charge in [0.05, 0.1) is 16.5 Å². The van der Waals surface area contributed by atoms with Crippen molar-refractivity contribution < 1.29 is 4.92 Å². The molecule has 0 saturated heterocycles. The second-order valence-electron chi connectivity index (χ2n) is 5.35. The fourth-order valence-electron chi connectivity index (χ4n) is 2.68. The normalized spacial score (nSPS) is 12.9. The van der Waals surface area contributed by atoms with Gasteiger partial charge in [-0.15, -0.1) is 5.10 Å². The average Bonchev–Trinajstić information content (AvgIpc) is 3.26. The number of fused-ring (bicyclic) bond motifs is 3. The van der Waals surface area contributed by atoms with Gasteiger partial charge in [-0.2, -0.15) is 10.2 Å². The van der Waals surface area contributed by atoms with Crippen LogP contribution in [0.1, 0.15) is 25.2 Å². The zero-order valence-corrected chi connectivity index (χ0v) is 12.9. The van der Waals surface area contributed by atoms with E-state index in [9.17, 15) is 10.1 Å². The molecule has 0 spiro atoms. The van der Waals surface area contributed by atoms with Crippen molar-refractivity contribution in [3.05, 3.63) is 40.9 Å². The van der Waals surface area contributed by atoms with Gasteiger partial charge in [0.25, 0.3) is 0 Å². The average molecular weight is 327 g/mol. The van der Waals surface area contributed by atoms with Gasteiger partial charge in [0.15, 0.2) is 17.1 Å². The van der Waals surface area contributed by atoms with E-state index >= 15 is 0 Å². The SMILES string of the molecule is CCC(c1nc2c3cnn(C)c3ncn2n1)n1cc([N+](=O)[O-])cn1. The summed E-state index contributed by atoms with van der Waals surface area (Å²) in [6.45, 7) is 1.95. The maximum atomic E-state index is 10.9. The molecular weight excluding hydrogens is 314 g/mol. The number of rotatable bonds is 4. The Morgan fingerprint density at radius 1 is 1.29 bits per heavy atom. The van der Waals surface area contributed by atoms with E-state index < -0.39 is 4.92 Å². The molecule has 122 valence electrons. The van der Waals surface area contributed by atoms with Crippen molar-refractivity contribution in [2.24, 2.45) is 7.05 Å². The highest BCUT2D eigenvalue weighted by molar-refractivity contribution is 5.88.